The maximum atomic E-state index is 12.4. The Labute approximate surface area is 194 Å². The van der Waals surface area contributed by atoms with Crippen molar-refractivity contribution < 1.29 is 9.53 Å². The van der Waals surface area contributed by atoms with E-state index in [1.54, 1.807) is 23.1 Å². The SMILES string of the molecule is C[C@H](CN1CC(C#N)C1)NC(=O)Oc1c[nH]c2ncc(-c3nn(C)c4cc(Cl)ccc34)nc12. The molecule has 168 valence electrons. The number of nitrogens with zero attached hydrogens (tertiary/aromatic N) is 6. The molecule has 1 fully saturated rings. The molecule has 0 radical (unpaired) electrons. The lowest BCUT2D eigenvalue weighted by molar-refractivity contribution is 0.121. The van der Waals surface area contributed by atoms with E-state index in [1.807, 2.05) is 26.1 Å². The van der Waals surface area contributed by atoms with Crippen LogP contribution in [0.1, 0.15) is 6.92 Å². The van der Waals surface area contributed by atoms with Crippen LogP contribution in [0.3, 0.4) is 0 Å². The number of hydrogen-bond donors (Lipinski definition) is 2. The van der Waals surface area contributed by atoms with E-state index in [-0.39, 0.29) is 17.7 Å². The Balaban J connectivity index is 1.34. The zero-order valence-corrected chi connectivity index (χ0v) is 18.8. The van der Waals surface area contributed by atoms with Crippen LogP contribution in [-0.2, 0) is 7.05 Å². The first kappa shape index (κ1) is 21.2. The van der Waals surface area contributed by atoms with Crippen molar-refractivity contribution in [3.8, 4) is 23.2 Å². The van der Waals surface area contributed by atoms with E-state index < -0.39 is 6.09 Å². The van der Waals surface area contributed by atoms with E-state index in [4.69, 9.17) is 21.6 Å². The summed E-state index contributed by atoms with van der Waals surface area (Å²) in [6, 6.07) is 7.65. The molecule has 1 atom stereocenters. The predicted molar refractivity (Wildman–Crippen MR) is 123 cm³/mol. The van der Waals surface area contributed by atoms with Crippen molar-refractivity contribution in [2.45, 2.75) is 13.0 Å². The predicted octanol–water partition coefficient (Wildman–Crippen LogP) is 3.10. The molecule has 0 spiro atoms. The molecule has 1 aliphatic heterocycles. The van der Waals surface area contributed by atoms with Gasteiger partial charge >= 0.3 is 6.09 Å². The van der Waals surface area contributed by atoms with Gasteiger partial charge in [-0.3, -0.25) is 9.58 Å². The van der Waals surface area contributed by atoms with Crippen molar-refractivity contribution in [1.29, 1.82) is 5.26 Å². The number of ether oxygens (including phenoxy) is 1. The Bertz CT molecular complexity index is 1400. The van der Waals surface area contributed by atoms with Gasteiger partial charge in [0, 0.05) is 49.3 Å². The molecule has 10 nitrogen and oxygen atoms in total. The second kappa shape index (κ2) is 8.35. The van der Waals surface area contributed by atoms with Gasteiger partial charge in [-0.15, -0.1) is 0 Å². The number of halogens is 1. The van der Waals surface area contributed by atoms with E-state index >= 15 is 0 Å². The number of aromatic amines is 1. The van der Waals surface area contributed by atoms with Gasteiger partial charge in [-0.25, -0.2) is 14.8 Å². The molecule has 1 aliphatic rings. The Morgan fingerprint density at radius 1 is 1.45 bits per heavy atom. The Kier molecular flexibility index (Phi) is 5.36. The summed E-state index contributed by atoms with van der Waals surface area (Å²) < 4.78 is 7.25. The summed E-state index contributed by atoms with van der Waals surface area (Å²) in [6.07, 6.45) is 2.61. The second-order valence-corrected chi connectivity index (χ2v) is 8.65. The molecule has 33 heavy (non-hydrogen) atoms. The summed E-state index contributed by atoms with van der Waals surface area (Å²) in [5, 5.41) is 17.8. The number of nitrogens with one attached hydrogen (secondary N) is 2. The minimum Gasteiger partial charge on any atom is -0.406 e. The average molecular weight is 465 g/mol. The number of fused-ring (bicyclic) bond motifs is 2. The van der Waals surface area contributed by atoms with Gasteiger partial charge in [0.1, 0.15) is 11.4 Å². The fraction of sp³-hybridized carbons (Fsp3) is 0.318. The van der Waals surface area contributed by atoms with Crippen LogP contribution >= 0.6 is 11.6 Å². The highest BCUT2D eigenvalue weighted by Gasteiger charge is 2.28. The van der Waals surface area contributed by atoms with Gasteiger partial charge in [-0.1, -0.05) is 11.6 Å². The van der Waals surface area contributed by atoms with Crippen LogP contribution in [0, 0.1) is 17.2 Å². The lowest BCUT2D eigenvalue weighted by Gasteiger charge is -2.36. The van der Waals surface area contributed by atoms with E-state index in [0.29, 0.717) is 34.1 Å². The van der Waals surface area contributed by atoms with Gasteiger partial charge in [0.15, 0.2) is 16.9 Å². The number of likely N-dealkylation sites (tertiary alicyclic amines) is 1. The van der Waals surface area contributed by atoms with Crippen LogP contribution < -0.4 is 10.1 Å². The maximum Gasteiger partial charge on any atom is 0.412 e. The standard InChI is InChI=1S/C22H21ClN8O2/c1-12(9-31-10-13(6-24)11-31)27-22(32)33-18-8-26-21-20(18)28-16(7-25-21)19-15-4-3-14(23)5-17(15)30(2)29-19/h3-5,7-8,12-13H,9-11H2,1-2H3,(H,25,26)(H,27,32)/t12-/m1/s1. The molecule has 0 bridgehead atoms. The molecule has 3 aromatic heterocycles. The molecule has 2 N–H and O–H groups in total. The summed E-state index contributed by atoms with van der Waals surface area (Å²) in [7, 11) is 1.84. The number of hydrogen-bond acceptors (Lipinski definition) is 7. The number of rotatable bonds is 5. The van der Waals surface area contributed by atoms with E-state index in [9.17, 15) is 4.79 Å². The molecule has 4 heterocycles. The number of aromatic nitrogens is 5. The normalized spacial score (nSPS) is 15.3. The Morgan fingerprint density at radius 3 is 3.06 bits per heavy atom. The zero-order chi connectivity index (χ0) is 23.1. The van der Waals surface area contributed by atoms with Crippen LogP contribution in [0.5, 0.6) is 5.75 Å². The number of aryl methyl sites for hydroxylation is 1. The molecular weight excluding hydrogens is 444 g/mol. The lowest BCUT2D eigenvalue weighted by atomic mass is 10.0. The number of amides is 1. The molecule has 11 heteroatoms. The number of nitriles is 1. The molecule has 1 aromatic carbocycles. The summed E-state index contributed by atoms with van der Waals surface area (Å²) in [6.45, 7) is 4.01. The second-order valence-electron chi connectivity index (χ2n) is 8.22. The summed E-state index contributed by atoms with van der Waals surface area (Å²) >= 11 is 6.12. The maximum absolute atomic E-state index is 12.4. The molecule has 4 aromatic rings. The first-order valence-electron chi connectivity index (χ1n) is 10.5. The van der Waals surface area contributed by atoms with Gasteiger partial charge in [0.05, 0.1) is 23.7 Å². The molecular formula is C22H21ClN8O2. The third-order valence-electron chi connectivity index (χ3n) is 5.64. The Hall–Kier alpha value is -3.68. The summed E-state index contributed by atoms with van der Waals surface area (Å²) in [4.78, 5) is 26.6. The lowest BCUT2D eigenvalue weighted by Crippen LogP contribution is -2.52. The fourth-order valence-electron chi connectivity index (χ4n) is 4.04. The van der Waals surface area contributed by atoms with Gasteiger partial charge in [-0.2, -0.15) is 10.4 Å². The zero-order valence-electron chi connectivity index (χ0n) is 18.0. The average Bonchev–Trinajstić information content (AvgIpc) is 3.30. The van der Waals surface area contributed by atoms with Gasteiger partial charge in [0.25, 0.3) is 0 Å². The summed E-state index contributed by atoms with van der Waals surface area (Å²) in [5.41, 5.74) is 3.03. The van der Waals surface area contributed by atoms with Crippen LogP contribution in [0.2, 0.25) is 5.02 Å². The molecule has 0 saturated carbocycles. The topological polar surface area (TPSA) is 125 Å². The van der Waals surface area contributed by atoms with Gasteiger partial charge in [-0.05, 0) is 25.1 Å². The first-order valence-corrected chi connectivity index (χ1v) is 10.9. The number of benzene rings is 1. The van der Waals surface area contributed by atoms with Crippen LogP contribution in [0.15, 0.2) is 30.6 Å². The van der Waals surface area contributed by atoms with Crippen molar-refractivity contribution in [3.05, 3.63) is 35.6 Å². The minimum atomic E-state index is -0.578. The van der Waals surface area contributed by atoms with Gasteiger partial charge < -0.3 is 15.0 Å². The monoisotopic (exact) mass is 464 g/mol. The third kappa shape index (κ3) is 4.08. The molecule has 1 saturated heterocycles. The van der Waals surface area contributed by atoms with Crippen LogP contribution in [0.25, 0.3) is 33.5 Å². The largest absolute Gasteiger partial charge is 0.412 e. The molecule has 1 amide bonds. The highest BCUT2D eigenvalue weighted by molar-refractivity contribution is 6.31. The van der Waals surface area contributed by atoms with Crippen LogP contribution in [-0.4, -0.2) is 61.4 Å². The highest BCUT2D eigenvalue weighted by atomic mass is 35.5. The van der Waals surface area contributed by atoms with E-state index in [2.05, 4.69) is 36.3 Å². The van der Waals surface area contributed by atoms with Gasteiger partial charge in [0.2, 0.25) is 0 Å². The molecule has 5 rings (SSSR count). The van der Waals surface area contributed by atoms with Crippen molar-refractivity contribution in [3.63, 3.8) is 0 Å². The van der Waals surface area contributed by atoms with Crippen molar-refractivity contribution in [1.82, 2.24) is 34.9 Å². The summed E-state index contributed by atoms with van der Waals surface area (Å²) in [5.74, 6) is 0.358. The number of H-pyrrole nitrogens is 1. The highest BCUT2D eigenvalue weighted by Crippen LogP contribution is 2.30. The van der Waals surface area contributed by atoms with Crippen LogP contribution in [0.4, 0.5) is 4.79 Å². The minimum absolute atomic E-state index is 0.0800. The fourth-order valence-corrected chi connectivity index (χ4v) is 4.21. The quantitative estimate of drug-likeness (QED) is 0.465. The van der Waals surface area contributed by atoms with E-state index in [0.717, 1.165) is 24.0 Å². The smallest absolute Gasteiger partial charge is 0.406 e. The van der Waals surface area contributed by atoms with E-state index in [1.165, 1.54) is 0 Å². The molecule has 0 unspecified atom stereocenters. The third-order valence-corrected chi connectivity index (χ3v) is 5.88. The van der Waals surface area contributed by atoms with Crippen molar-refractivity contribution in [2.24, 2.45) is 13.0 Å². The Morgan fingerprint density at radius 2 is 2.27 bits per heavy atom. The van der Waals surface area contributed by atoms with Crippen molar-refractivity contribution >= 4 is 39.8 Å². The number of carbonyl (C=O) groups is 1. The van der Waals surface area contributed by atoms with Crippen molar-refractivity contribution in [2.75, 3.05) is 19.6 Å². The molecule has 0 aliphatic carbocycles. The first-order chi connectivity index (χ1) is 15.9. The number of carbonyl (C=O) groups excluding carboxylic acids is 1.